The lowest BCUT2D eigenvalue weighted by atomic mass is 9.94. The Morgan fingerprint density at radius 1 is 1.30 bits per heavy atom. The first-order valence-corrected chi connectivity index (χ1v) is 7.56. The Balaban J connectivity index is 2.79. The minimum absolute atomic E-state index is 0.157. The molecular formula is C17H24N2O4. The number of ketones is 1. The molecule has 1 aliphatic heterocycles. The largest absolute Gasteiger partial charge is 0.361 e. The molecule has 6 nitrogen and oxygen atoms in total. The van der Waals surface area contributed by atoms with Crippen molar-refractivity contribution in [1.82, 2.24) is 10.6 Å². The van der Waals surface area contributed by atoms with Crippen molar-refractivity contribution in [3.8, 4) is 0 Å². The lowest BCUT2D eigenvalue weighted by molar-refractivity contribution is -0.130. The Bertz CT molecular complexity index is 531. The average Bonchev–Trinajstić information content (AvgIpc) is 3.29. The number of amides is 2. The molecule has 2 N–H and O–H groups in total. The molecule has 6 heteroatoms. The van der Waals surface area contributed by atoms with Gasteiger partial charge in [-0.15, -0.1) is 0 Å². The first-order chi connectivity index (χ1) is 11.0. The number of ether oxygens (including phenoxy) is 1. The van der Waals surface area contributed by atoms with Crippen molar-refractivity contribution in [3.63, 3.8) is 0 Å². The Labute approximate surface area is 136 Å². The Kier molecular flexibility index (Phi) is 7.41. The first-order valence-electron chi connectivity index (χ1n) is 7.56. The van der Waals surface area contributed by atoms with Crippen molar-refractivity contribution >= 4 is 18.1 Å². The van der Waals surface area contributed by atoms with E-state index in [4.69, 9.17) is 4.74 Å². The molecule has 23 heavy (non-hydrogen) atoms. The molecule has 0 spiro atoms. The Morgan fingerprint density at radius 2 is 2.00 bits per heavy atom. The third-order valence-corrected chi connectivity index (χ3v) is 3.52. The van der Waals surface area contributed by atoms with Gasteiger partial charge in [0.1, 0.15) is 5.60 Å². The summed E-state index contributed by atoms with van der Waals surface area (Å²) in [6, 6.07) is -0.690. The summed E-state index contributed by atoms with van der Waals surface area (Å²) in [7, 11) is 0. The highest BCUT2D eigenvalue weighted by molar-refractivity contribution is 5.97. The molecule has 0 aromatic heterocycles. The van der Waals surface area contributed by atoms with Gasteiger partial charge in [0.2, 0.25) is 12.3 Å². The highest BCUT2D eigenvalue weighted by atomic mass is 16.6. The molecule has 0 saturated carbocycles. The summed E-state index contributed by atoms with van der Waals surface area (Å²) in [6.07, 6.45) is 10.3. The Morgan fingerprint density at radius 3 is 2.52 bits per heavy atom. The average molecular weight is 320 g/mol. The van der Waals surface area contributed by atoms with Gasteiger partial charge in [0.25, 0.3) is 0 Å². The van der Waals surface area contributed by atoms with E-state index in [9.17, 15) is 14.4 Å². The summed E-state index contributed by atoms with van der Waals surface area (Å²) in [6.45, 7) is 5.71. The number of rotatable bonds is 10. The van der Waals surface area contributed by atoms with E-state index >= 15 is 0 Å². The van der Waals surface area contributed by atoms with Crippen LogP contribution in [0.2, 0.25) is 0 Å². The molecule has 0 aromatic rings. The molecule has 1 fully saturated rings. The number of hydrogen-bond acceptors (Lipinski definition) is 4. The molecule has 0 radical (unpaired) electrons. The highest BCUT2D eigenvalue weighted by Crippen LogP contribution is 2.29. The zero-order valence-electron chi connectivity index (χ0n) is 13.8. The van der Waals surface area contributed by atoms with Crippen LogP contribution >= 0.6 is 0 Å². The van der Waals surface area contributed by atoms with Crippen LogP contribution in [-0.2, 0) is 19.1 Å². The molecule has 126 valence electrons. The zero-order chi connectivity index (χ0) is 17.3. The summed E-state index contributed by atoms with van der Waals surface area (Å²) in [4.78, 5) is 34.6. The van der Waals surface area contributed by atoms with Gasteiger partial charge in [-0.1, -0.05) is 30.4 Å². The third kappa shape index (κ3) is 6.20. The molecular weight excluding hydrogens is 296 g/mol. The van der Waals surface area contributed by atoms with Crippen LogP contribution < -0.4 is 10.6 Å². The number of carbonyl (C=O) groups excluding carboxylic acids is 3. The predicted octanol–water partition coefficient (Wildman–Crippen LogP) is 1.04. The van der Waals surface area contributed by atoms with Gasteiger partial charge in [0.15, 0.2) is 5.78 Å². The molecule has 0 aromatic carbocycles. The monoisotopic (exact) mass is 320 g/mol. The number of hydrogen-bond donors (Lipinski definition) is 2. The van der Waals surface area contributed by atoms with Gasteiger partial charge in [-0.25, -0.2) is 0 Å². The van der Waals surface area contributed by atoms with E-state index in [-0.39, 0.29) is 12.3 Å². The van der Waals surface area contributed by atoms with Crippen LogP contribution in [0.15, 0.2) is 36.0 Å². The molecule has 1 heterocycles. The summed E-state index contributed by atoms with van der Waals surface area (Å²) in [5.74, 6) is -0.566. The maximum Gasteiger partial charge on any atom is 0.239 e. The standard InChI is InChI=1S/C17H24N2O4/c1-4-6-7-8-13(5-2)9-14(16(22)17(3)11-23-17)19-15(21)10-18-12-20/h4-8,12,14H,9-11H2,1-3H3,(H,18,20)(H,19,21)/b6-4-,8-7-,13-5+/t14-,17+/m0/s1. The van der Waals surface area contributed by atoms with E-state index in [1.807, 2.05) is 44.2 Å². The van der Waals surface area contributed by atoms with Crippen LogP contribution in [-0.4, -0.2) is 42.9 Å². The Hall–Kier alpha value is -2.21. The van der Waals surface area contributed by atoms with Gasteiger partial charge in [-0.05, 0) is 32.8 Å². The minimum atomic E-state index is -0.818. The fourth-order valence-corrected chi connectivity index (χ4v) is 2.02. The lowest BCUT2D eigenvalue weighted by Crippen LogP contribution is -2.48. The molecule has 0 bridgehead atoms. The van der Waals surface area contributed by atoms with E-state index in [1.54, 1.807) is 6.92 Å². The van der Waals surface area contributed by atoms with Crippen molar-refractivity contribution in [2.45, 2.75) is 38.8 Å². The molecule has 1 saturated heterocycles. The maximum atomic E-state index is 12.5. The quantitative estimate of drug-likeness (QED) is 0.358. The second-order valence-electron chi connectivity index (χ2n) is 5.46. The van der Waals surface area contributed by atoms with Gasteiger partial charge in [-0.2, -0.15) is 0 Å². The number of allylic oxidation sites excluding steroid dienone is 5. The van der Waals surface area contributed by atoms with Crippen molar-refractivity contribution in [3.05, 3.63) is 36.0 Å². The van der Waals surface area contributed by atoms with Gasteiger partial charge in [0.05, 0.1) is 19.2 Å². The first kappa shape index (κ1) is 18.8. The van der Waals surface area contributed by atoms with Crippen LogP contribution in [0.1, 0.15) is 27.2 Å². The van der Waals surface area contributed by atoms with Crippen LogP contribution in [0.25, 0.3) is 0 Å². The summed E-state index contributed by atoms with van der Waals surface area (Å²) in [5, 5.41) is 4.95. The van der Waals surface area contributed by atoms with Crippen LogP contribution in [0, 0.1) is 0 Å². The molecule has 2 atom stereocenters. The van der Waals surface area contributed by atoms with Crippen molar-refractivity contribution in [2.75, 3.05) is 13.2 Å². The SMILES string of the molecule is C\C=C/C=C\C(=C/C)C[C@H](NC(=O)CNC=O)C(=O)[C@@]1(C)CO1. The van der Waals surface area contributed by atoms with Crippen molar-refractivity contribution in [1.29, 1.82) is 0 Å². The van der Waals surface area contributed by atoms with Crippen LogP contribution in [0.5, 0.6) is 0 Å². The maximum absolute atomic E-state index is 12.5. The van der Waals surface area contributed by atoms with Crippen molar-refractivity contribution in [2.24, 2.45) is 0 Å². The van der Waals surface area contributed by atoms with Crippen LogP contribution in [0.4, 0.5) is 0 Å². The second-order valence-corrected chi connectivity index (χ2v) is 5.46. The number of nitrogens with one attached hydrogen (secondary N) is 2. The summed E-state index contributed by atoms with van der Waals surface area (Å²) < 4.78 is 5.19. The van der Waals surface area contributed by atoms with Crippen molar-refractivity contribution < 1.29 is 19.1 Å². The second kappa shape index (κ2) is 9.05. The van der Waals surface area contributed by atoms with E-state index in [2.05, 4.69) is 10.6 Å². The van der Waals surface area contributed by atoms with Gasteiger partial charge < -0.3 is 15.4 Å². The fourth-order valence-electron chi connectivity index (χ4n) is 2.02. The predicted molar refractivity (Wildman–Crippen MR) is 87.7 cm³/mol. The number of Topliss-reactive ketones (excluding diaryl/α,β-unsaturated/α-hetero) is 1. The molecule has 1 rings (SSSR count). The van der Waals surface area contributed by atoms with Gasteiger partial charge in [0, 0.05) is 0 Å². The molecule has 2 amide bonds. The highest BCUT2D eigenvalue weighted by Gasteiger charge is 2.49. The van der Waals surface area contributed by atoms with Gasteiger partial charge in [-0.3, -0.25) is 14.4 Å². The molecule has 0 unspecified atom stereocenters. The lowest BCUT2D eigenvalue weighted by Gasteiger charge is -2.20. The van der Waals surface area contributed by atoms with E-state index in [0.29, 0.717) is 19.4 Å². The van der Waals surface area contributed by atoms with E-state index < -0.39 is 17.6 Å². The molecule has 1 aliphatic rings. The summed E-state index contributed by atoms with van der Waals surface area (Å²) >= 11 is 0. The smallest absolute Gasteiger partial charge is 0.239 e. The zero-order valence-corrected chi connectivity index (χ0v) is 13.8. The minimum Gasteiger partial charge on any atom is -0.361 e. The fraction of sp³-hybridized carbons (Fsp3) is 0.471. The number of epoxide rings is 1. The topological polar surface area (TPSA) is 87.8 Å². The molecule has 0 aliphatic carbocycles. The summed E-state index contributed by atoms with van der Waals surface area (Å²) in [5.41, 5.74) is 0.108. The number of carbonyl (C=O) groups is 3. The van der Waals surface area contributed by atoms with Gasteiger partial charge >= 0.3 is 0 Å². The normalized spacial score (nSPS) is 22.1. The van der Waals surface area contributed by atoms with Crippen LogP contribution in [0.3, 0.4) is 0 Å². The van der Waals surface area contributed by atoms with E-state index in [1.165, 1.54) is 0 Å². The third-order valence-electron chi connectivity index (χ3n) is 3.52. The van der Waals surface area contributed by atoms with E-state index in [0.717, 1.165) is 5.57 Å².